The van der Waals surface area contributed by atoms with Crippen LogP contribution in [0.3, 0.4) is 0 Å². The minimum Gasteiger partial charge on any atom is -0.339 e. The van der Waals surface area contributed by atoms with Gasteiger partial charge in [0.25, 0.3) is 0 Å². The first kappa shape index (κ1) is 13.5. The first-order valence-electron chi connectivity index (χ1n) is 6.84. The minimum absolute atomic E-state index is 0.296. The molecule has 0 aliphatic heterocycles. The van der Waals surface area contributed by atoms with Gasteiger partial charge in [-0.1, -0.05) is 19.0 Å². The van der Waals surface area contributed by atoms with Crippen molar-refractivity contribution < 1.29 is 4.52 Å². The molecule has 0 bridgehead atoms. The van der Waals surface area contributed by atoms with Gasteiger partial charge in [-0.3, -0.25) is 4.90 Å². The van der Waals surface area contributed by atoms with E-state index >= 15 is 0 Å². The van der Waals surface area contributed by atoms with E-state index in [-0.39, 0.29) is 0 Å². The van der Waals surface area contributed by atoms with E-state index < -0.39 is 0 Å². The summed E-state index contributed by atoms with van der Waals surface area (Å²) in [7, 11) is 2.13. The molecule has 5 heteroatoms. The van der Waals surface area contributed by atoms with E-state index in [2.05, 4.69) is 35.9 Å². The molecule has 1 aromatic rings. The van der Waals surface area contributed by atoms with Crippen molar-refractivity contribution in [3.8, 4) is 0 Å². The highest BCUT2D eigenvalue weighted by Crippen LogP contribution is 2.22. The maximum atomic E-state index is 5.93. The fraction of sp³-hybridized carbons (Fsp3) is 0.846. The lowest BCUT2D eigenvalue weighted by Gasteiger charge is -2.32. The molecule has 0 atom stereocenters. The molecule has 0 unspecified atom stereocenters. The smallest absolute Gasteiger partial charge is 0.229 e. The summed E-state index contributed by atoms with van der Waals surface area (Å²) in [6, 6.07) is 0.998. The third kappa shape index (κ3) is 3.29. The van der Waals surface area contributed by atoms with Crippen molar-refractivity contribution in [3.63, 3.8) is 0 Å². The van der Waals surface area contributed by atoms with E-state index in [1.165, 1.54) is 12.8 Å². The second-order valence-electron chi connectivity index (χ2n) is 5.69. The van der Waals surface area contributed by atoms with Gasteiger partial charge in [-0.2, -0.15) is 4.98 Å². The topological polar surface area (TPSA) is 68.2 Å². The lowest BCUT2D eigenvalue weighted by molar-refractivity contribution is 0.171. The molecule has 0 amide bonds. The van der Waals surface area contributed by atoms with E-state index in [9.17, 15) is 0 Å². The molecule has 0 radical (unpaired) electrons. The standard InChI is InChI=1S/C13H24N4O/c1-9(2)13-15-12(16-18-13)8-17(3)11-6-4-10(14)5-7-11/h9-11H,4-8,14H2,1-3H3. The first-order chi connectivity index (χ1) is 8.56. The quantitative estimate of drug-likeness (QED) is 0.886. The molecule has 1 saturated carbocycles. The molecule has 2 rings (SSSR count). The Balaban J connectivity index is 1.88. The number of hydrogen-bond donors (Lipinski definition) is 1. The third-order valence-corrected chi connectivity index (χ3v) is 3.73. The SMILES string of the molecule is CC(C)c1nc(CN(C)C2CCC(N)CC2)no1. The van der Waals surface area contributed by atoms with Crippen LogP contribution in [0, 0.1) is 0 Å². The van der Waals surface area contributed by atoms with Gasteiger partial charge >= 0.3 is 0 Å². The van der Waals surface area contributed by atoms with Crippen molar-refractivity contribution in [1.82, 2.24) is 15.0 Å². The van der Waals surface area contributed by atoms with Crippen molar-refractivity contribution in [1.29, 1.82) is 0 Å². The monoisotopic (exact) mass is 252 g/mol. The zero-order valence-electron chi connectivity index (χ0n) is 11.6. The van der Waals surface area contributed by atoms with Gasteiger partial charge in [0.05, 0.1) is 6.54 Å². The maximum Gasteiger partial charge on any atom is 0.229 e. The Hall–Kier alpha value is -0.940. The summed E-state index contributed by atoms with van der Waals surface area (Å²) in [4.78, 5) is 6.74. The van der Waals surface area contributed by atoms with Gasteiger partial charge in [0.1, 0.15) is 0 Å². The molecule has 1 aromatic heterocycles. The van der Waals surface area contributed by atoms with E-state index in [1.54, 1.807) is 0 Å². The predicted octanol–water partition coefficient (Wildman–Crippen LogP) is 1.89. The second-order valence-corrected chi connectivity index (χ2v) is 5.69. The summed E-state index contributed by atoms with van der Waals surface area (Å²) in [5.74, 6) is 1.81. The maximum absolute atomic E-state index is 5.93. The Bertz CT molecular complexity index is 369. The number of nitrogens with two attached hydrogens (primary N) is 1. The third-order valence-electron chi connectivity index (χ3n) is 3.73. The van der Waals surface area contributed by atoms with Crippen LogP contribution in [0.25, 0.3) is 0 Å². The van der Waals surface area contributed by atoms with Gasteiger partial charge in [0.15, 0.2) is 5.82 Å². The molecule has 1 heterocycles. The predicted molar refractivity (Wildman–Crippen MR) is 70.1 cm³/mol. The van der Waals surface area contributed by atoms with Gasteiger partial charge in [-0.25, -0.2) is 0 Å². The van der Waals surface area contributed by atoms with E-state index in [1.807, 2.05) is 0 Å². The van der Waals surface area contributed by atoms with Crippen LogP contribution in [0.5, 0.6) is 0 Å². The highest BCUT2D eigenvalue weighted by Gasteiger charge is 2.23. The van der Waals surface area contributed by atoms with Crippen LogP contribution in [-0.4, -0.2) is 34.2 Å². The zero-order chi connectivity index (χ0) is 13.1. The summed E-state index contributed by atoms with van der Waals surface area (Å²) >= 11 is 0. The summed E-state index contributed by atoms with van der Waals surface area (Å²) in [6.45, 7) is 4.88. The van der Waals surface area contributed by atoms with Gasteiger partial charge in [0.2, 0.25) is 5.89 Å². The summed E-state index contributed by atoms with van der Waals surface area (Å²) in [5.41, 5.74) is 5.93. The average molecular weight is 252 g/mol. The Morgan fingerprint density at radius 1 is 1.33 bits per heavy atom. The van der Waals surface area contributed by atoms with Crippen molar-refractivity contribution in [2.45, 2.75) is 64.1 Å². The van der Waals surface area contributed by atoms with Gasteiger partial charge < -0.3 is 10.3 Å². The van der Waals surface area contributed by atoms with Crippen LogP contribution in [0.2, 0.25) is 0 Å². The van der Waals surface area contributed by atoms with Gasteiger partial charge in [0, 0.05) is 18.0 Å². The van der Waals surface area contributed by atoms with E-state index in [0.717, 1.165) is 31.1 Å². The van der Waals surface area contributed by atoms with E-state index in [4.69, 9.17) is 10.3 Å². The Morgan fingerprint density at radius 3 is 2.56 bits per heavy atom. The normalized spacial score (nSPS) is 25.0. The zero-order valence-corrected chi connectivity index (χ0v) is 11.6. The van der Waals surface area contributed by atoms with Crippen LogP contribution in [0.15, 0.2) is 4.52 Å². The van der Waals surface area contributed by atoms with Crippen molar-refractivity contribution in [2.75, 3.05) is 7.05 Å². The first-order valence-corrected chi connectivity index (χ1v) is 6.84. The van der Waals surface area contributed by atoms with E-state index in [0.29, 0.717) is 18.0 Å². The number of aromatic nitrogens is 2. The fourth-order valence-electron chi connectivity index (χ4n) is 2.46. The Kier molecular flexibility index (Phi) is 4.35. The van der Waals surface area contributed by atoms with Crippen molar-refractivity contribution in [2.24, 2.45) is 5.73 Å². The van der Waals surface area contributed by atoms with Gasteiger partial charge in [-0.15, -0.1) is 0 Å². The molecule has 102 valence electrons. The van der Waals surface area contributed by atoms with Crippen LogP contribution < -0.4 is 5.73 Å². The second kappa shape index (κ2) is 5.80. The molecule has 0 spiro atoms. The molecule has 0 saturated heterocycles. The highest BCUT2D eigenvalue weighted by molar-refractivity contribution is 4.91. The van der Waals surface area contributed by atoms with Crippen molar-refractivity contribution in [3.05, 3.63) is 11.7 Å². The number of nitrogens with zero attached hydrogens (tertiary/aromatic N) is 3. The van der Waals surface area contributed by atoms with Crippen LogP contribution in [0.1, 0.15) is 57.2 Å². The molecular weight excluding hydrogens is 228 g/mol. The average Bonchev–Trinajstić information content (AvgIpc) is 2.78. The van der Waals surface area contributed by atoms with Crippen LogP contribution in [0.4, 0.5) is 0 Å². The summed E-state index contributed by atoms with van der Waals surface area (Å²) < 4.78 is 5.22. The molecule has 0 aromatic carbocycles. The lowest BCUT2D eigenvalue weighted by atomic mass is 9.91. The lowest BCUT2D eigenvalue weighted by Crippen LogP contribution is -2.38. The van der Waals surface area contributed by atoms with Crippen LogP contribution in [-0.2, 0) is 6.54 Å². The van der Waals surface area contributed by atoms with Gasteiger partial charge in [-0.05, 0) is 32.7 Å². The minimum atomic E-state index is 0.296. The Labute approximate surface area is 109 Å². The number of rotatable bonds is 4. The van der Waals surface area contributed by atoms with Crippen LogP contribution >= 0.6 is 0 Å². The molecule has 5 nitrogen and oxygen atoms in total. The largest absolute Gasteiger partial charge is 0.339 e. The molecule has 1 aliphatic carbocycles. The highest BCUT2D eigenvalue weighted by atomic mass is 16.5. The fourth-order valence-corrected chi connectivity index (χ4v) is 2.46. The molecule has 1 aliphatic rings. The molecule has 1 fully saturated rings. The summed E-state index contributed by atoms with van der Waals surface area (Å²) in [6.07, 6.45) is 4.59. The molecule has 2 N–H and O–H groups in total. The van der Waals surface area contributed by atoms with Crippen molar-refractivity contribution >= 4 is 0 Å². The molecular formula is C13H24N4O. The summed E-state index contributed by atoms with van der Waals surface area (Å²) in [5, 5.41) is 4.03. The Morgan fingerprint density at radius 2 is 2.00 bits per heavy atom. The number of hydrogen-bond acceptors (Lipinski definition) is 5. The molecule has 18 heavy (non-hydrogen) atoms.